The quantitative estimate of drug-likeness (QED) is 0.419. The van der Waals surface area contributed by atoms with Gasteiger partial charge in [0.15, 0.2) is 12.4 Å². The zero-order valence-electron chi connectivity index (χ0n) is 11.6. The highest BCUT2D eigenvalue weighted by molar-refractivity contribution is 14.1. The molecule has 124 valence electrons. The van der Waals surface area contributed by atoms with E-state index in [4.69, 9.17) is 14.6 Å². The van der Waals surface area contributed by atoms with E-state index in [1.54, 1.807) is 0 Å². The van der Waals surface area contributed by atoms with E-state index < -0.39 is 48.6 Å². The van der Waals surface area contributed by atoms with E-state index in [1.165, 1.54) is 7.11 Å². The summed E-state index contributed by atoms with van der Waals surface area (Å²) < 4.78 is 25.7. The summed E-state index contributed by atoms with van der Waals surface area (Å²) in [5, 5.41) is 18.7. The summed E-state index contributed by atoms with van der Waals surface area (Å²) in [6, 6.07) is 0. The van der Waals surface area contributed by atoms with Crippen molar-refractivity contribution in [3.8, 4) is 0 Å². The Hall–Kier alpha value is -0.820. The van der Waals surface area contributed by atoms with Crippen molar-refractivity contribution >= 4 is 22.6 Å². The molecule has 2 heterocycles. The fourth-order valence-electron chi connectivity index (χ4n) is 2.27. The Morgan fingerprint density at radius 2 is 2.27 bits per heavy atom. The molecule has 1 aliphatic heterocycles. The van der Waals surface area contributed by atoms with E-state index in [-0.39, 0.29) is 5.56 Å². The van der Waals surface area contributed by atoms with E-state index in [2.05, 4.69) is 4.98 Å². The lowest BCUT2D eigenvalue weighted by Gasteiger charge is -2.18. The Morgan fingerprint density at radius 3 is 2.77 bits per heavy atom. The molecule has 0 radical (unpaired) electrons. The molecule has 0 saturated carbocycles. The zero-order valence-corrected chi connectivity index (χ0v) is 13.8. The van der Waals surface area contributed by atoms with Gasteiger partial charge >= 0.3 is 5.69 Å². The van der Waals surface area contributed by atoms with Gasteiger partial charge in [-0.15, -0.1) is 0 Å². The van der Waals surface area contributed by atoms with E-state index in [0.717, 1.165) is 10.8 Å². The van der Waals surface area contributed by atoms with Gasteiger partial charge in [-0.05, 0) is 0 Å². The van der Waals surface area contributed by atoms with Crippen molar-refractivity contribution in [2.45, 2.75) is 30.7 Å². The van der Waals surface area contributed by atoms with Gasteiger partial charge in [-0.25, -0.2) is 9.18 Å². The Kier molecular flexibility index (Phi) is 5.71. The van der Waals surface area contributed by atoms with E-state index >= 15 is 0 Å². The molecular weight excluding hydrogens is 414 g/mol. The SMILES string of the molecule is COC(CI)c1cn([C@@H]2O[C@H](CO)[C@@H](O)[C@H]2F)c(=O)[nH]c1=O. The predicted molar refractivity (Wildman–Crippen MR) is 81.9 cm³/mol. The number of rotatable bonds is 5. The summed E-state index contributed by atoms with van der Waals surface area (Å²) in [4.78, 5) is 25.8. The molecule has 0 aliphatic carbocycles. The van der Waals surface area contributed by atoms with Gasteiger partial charge in [0.05, 0.1) is 18.3 Å². The third kappa shape index (κ3) is 3.11. The first-order valence-corrected chi connectivity index (χ1v) is 7.99. The van der Waals surface area contributed by atoms with Crippen LogP contribution in [-0.2, 0) is 9.47 Å². The van der Waals surface area contributed by atoms with E-state index in [9.17, 15) is 19.1 Å². The van der Waals surface area contributed by atoms with Crippen molar-refractivity contribution in [3.05, 3.63) is 32.6 Å². The summed E-state index contributed by atoms with van der Waals surface area (Å²) in [6.45, 7) is -0.586. The molecule has 1 unspecified atom stereocenters. The van der Waals surface area contributed by atoms with Gasteiger partial charge in [0.1, 0.15) is 12.2 Å². The molecule has 0 bridgehead atoms. The van der Waals surface area contributed by atoms with Crippen molar-refractivity contribution in [2.24, 2.45) is 0 Å². The summed E-state index contributed by atoms with van der Waals surface area (Å²) in [5.74, 6) is 0. The predicted octanol–water partition coefficient (Wildman–Crippen LogP) is -0.752. The summed E-state index contributed by atoms with van der Waals surface area (Å²) in [5.41, 5.74) is -1.35. The molecule has 1 aromatic heterocycles. The van der Waals surface area contributed by atoms with Crippen molar-refractivity contribution in [1.29, 1.82) is 0 Å². The normalized spacial score (nSPS) is 29.7. The summed E-state index contributed by atoms with van der Waals surface area (Å²) in [7, 11) is 1.41. The van der Waals surface area contributed by atoms with Gasteiger partial charge in [0.2, 0.25) is 0 Å². The van der Waals surface area contributed by atoms with Crippen molar-refractivity contribution in [2.75, 3.05) is 18.1 Å². The second kappa shape index (κ2) is 7.17. The Labute approximate surface area is 138 Å². The fraction of sp³-hybridized carbons (Fsp3) is 0.667. The molecule has 10 heteroatoms. The molecule has 1 fully saturated rings. The average Bonchev–Trinajstić information content (AvgIpc) is 2.78. The first-order valence-electron chi connectivity index (χ1n) is 6.47. The molecular formula is C12H16FIN2O6. The number of aliphatic hydroxyl groups excluding tert-OH is 2. The maximum Gasteiger partial charge on any atom is 0.330 e. The third-order valence-corrected chi connectivity index (χ3v) is 4.31. The number of hydrogen-bond acceptors (Lipinski definition) is 6. The van der Waals surface area contributed by atoms with E-state index in [1.807, 2.05) is 22.6 Å². The standard InChI is InChI=1S/C12H16FIN2O6/c1-21-6(2-14)5-3-16(12(20)15-10(5)19)11-8(13)9(18)7(4-17)22-11/h3,6-9,11,17-18H,2,4H2,1H3,(H,15,19,20)/t6?,7-,8-,9-,11-/m1/s1. The van der Waals surface area contributed by atoms with Crippen LogP contribution in [0.3, 0.4) is 0 Å². The van der Waals surface area contributed by atoms with Crippen LogP contribution in [0, 0.1) is 0 Å². The number of hydrogen-bond donors (Lipinski definition) is 3. The minimum absolute atomic E-state index is 0.147. The highest BCUT2D eigenvalue weighted by Gasteiger charge is 2.45. The molecule has 0 amide bonds. The number of nitrogens with one attached hydrogen (secondary N) is 1. The largest absolute Gasteiger partial charge is 0.394 e. The Bertz CT molecular complexity index is 631. The first kappa shape index (κ1) is 17.5. The lowest BCUT2D eigenvalue weighted by atomic mass is 10.1. The van der Waals surface area contributed by atoms with Crippen LogP contribution >= 0.6 is 22.6 Å². The Balaban J connectivity index is 2.46. The molecule has 1 aliphatic rings. The van der Waals surface area contributed by atoms with Gasteiger partial charge in [-0.3, -0.25) is 14.3 Å². The smallest absolute Gasteiger partial charge is 0.330 e. The van der Waals surface area contributed by atoms with E-state index in [0.29, 0.717) is 4.43 Å². The number of H-pyrrole nitrogens is 1. The number of halogens is 2. The zero-order chi connectivity index (χ0) is 16.4. The lowest BCUT2D eigenvalue weighted by molar-refractivity contribution is -0.0494. The minimum atomic E-state index is -1.91. The maximum atomic E-state index is 14.1. The molecule has 1 aromatic rings. The van der Waals surface area contributed by atoms with Crippen LogP contribution in [0.15, 0.2) is 15.8 Å². The van der Waals surface area contributed by atoms with Crippen LogP contribution in [0.2, 0.25) is 0 Å². The molecule has 0 spiro atoms. The molecule has 0 aromatic carbocycles. The second-order valence-electron chi connectivity index (χ2n) is 4.81. The van der Waals surface area contributed by atoms with Crippen LogP contribution in [0.5, 0.6) is 0 Å². The number of nitrogens with zero attached hydrogens (tertiary/aromatic N) is 1. The first-order chi connectivity index (χ1) is 10.4. The summed E-state index contributed by atoms with van der Waals surface area (Å²) >= 11 is 2.01. The highest BCUT2D eigenvalue weighted by atomic mass is 127. The van der Waals surface area contributed by atoms with Crippen LogP contribution in [-0.4, -0.2) is 56.3 Å². The monoisotopic (exact) mass is 430 g/mol. The number of ether oxygens (including phenoxy) is 2. The molecule has 3 N–H and O–H groups in total. The fourth-order valence-corrected chi connectivity index (χ4v) is 3.10. The van der Waals surface area contributed by atoms with Gasteiger partial charge in [0.25, 0.3) is 5.56 Å². The third-order valence-electron chi connectivity index (χ3n) is 3.51. The number of aliphatic hydroxyl groups is 2. The lowest BCUT2D eigenvalue weighted by Crippen LogP contribution is -2.38. The van der Waals surface area contributed by atoms with Gasteiger partial charge in [-0.2, -0.15) is 0 Å². The van der Waals surface area contributed by atoms with Crippen LogP contribution in [0.25, 0.3) is 0 Å². The van der Waals surface area contributed by atoms with Crippen molar-refractivity contribution < 1.29 is 24.1 Å². The highest BCUT2D eigenvalue weighted by Crippen LogP contribution is 2.31. The van der Waals surface area contributed by atoms with Crippen LogP contribution in [0.1, 0.15) is 17.9 Å². The van der Waals surface area contributed by atoms with Crippen molar-refractivity contribution in [3.63, 3.8) is 0 Å². The summed E-state index contributed by atoms with van der Waals surface area (Å²) in [6.07, 6.45) is -5.44. The molecule has 22 heavy (non-hydrogen) atoms. The number of aromatic nitrogens is 2. The van der Waals surface area contributed by atoms with Crippen molar-refractivity contribution in [1.82, 2.24) is 9.55 Å². The maximum absolute atomic E-state index is 14.1. The average molecular weight is 430 g/mol. The molecule has 2 rings (SSSR count). The van der Waals surface area contributed by atoms with Crippen LogP contribution in [0.4, 0.5) is 4.39 Å². The topological polar surface area (TPSA) is 114 Å². The van der Waals surface area contributed by atoms with Gasteiger partial charge < -0.3 is 19.7 Å². The molecule has 1 saturated heterocycles. The number of methoxy groups -OCH3 is 1. The van der Waals surface area contributed by atoms with Crippen LogP contribution < -0.4 is 11.2 Å². The second-order valence-corrected chi connectivity index (χ2v) is 5.69. The van der Waals surface area contributed by atoms with Gasteiger partial charge in [-0.1, -0.05) is 22.6 Å². The Morgan fingerprint density at radius 1 is 1.59 bits per heavy atom. The number of aromatic amines is 1. The van der Waals surface area contributed by atoms with Gasteiger partial charge in [0, 0.05) is 17.7 Å². The molecule has 5 atom stereocenters. The minimum Gasteiger partial charge on any atom is -0.394 e. The number of alkyl halides is 2. The molecule has 8 nitrogen and oxygen atoms in total.